The third kappa shape index (κ3) is 3.20. The number of aromatic nitrogens is 5. The third-order valence-corrected chi connectivity index (χ3v) is 6.85. The van der Waals surface area contributed by atoms with Crippen LogP contribution >= 0.6 is 0 Å². The van der Waals surface area contributed by atoms with Crippen molar-refractivity contribution in [1.29, 1.82) is 0 Å². The zero-order chi connectivity index (χ0) is 18.4. The maximum absolute atomic E-state index is 5.43. The first kappa shape index (κ1) is 17.3. The van der Waals surface area contributed by atoms with Gasteiger partial charge in [0.2, 0.25) is 5.89 Å². The molecule has 2 aliphatic heterocycles. The van der Waals surface area contributed by atoms with Crippen LogP contribution in [0.3, 0.4) is 0 Å². The highest BCUT2D eigenvalue weighted by atomic mass is 16.5. The van der Waals surface area contributed by atoms with E-state index in [-0.39, 0.29) is 0 Å². The Labute approximate surface area is 160 Å². The first-order valence-corrected chi connectivity index (χ1v) is 10.6. The van der Waals surface area contributed by atoms with Crippen LogP contribution < -0.4 is 0 Å². The maximum Gasteiger partial charge on any atom is 0.240 e. The predicted octanol–water partition coefficient (Wildman–Crippen LogP) is 3.28. The van der Waals surface area contributed by atoms with E-state index < -0.39 is 0 Å². The largest absolute Gasteiger partial charge is 0.338 e. The summed E-state index contributed by atoms with van der Waals surface area (Å²) in [6.07, 6.45) is 8.73. The fraction of sp³-hybridized carbons (Fsp3) is 0.800. The molecule has 27 heavy (non-hydrogen) atoms. The Bertz CT molecular complexity index is 801. The number of rotatable bonds is 4. The van der Waals surface area contributed by atoms with Crippen molar-refractivity contribution < 1.29 is 4.52 Å². The second-order valence-corrected chi connectivity index (χ2v) is 9.03. The van der Waals surface area contributed by atoms with Gasteiger partial charge >= 0.3 is 0 Å². The molecule has 1 saturated heterocycles. The molecule has 2 aromatic heterocycles. The first-order valence-electron chi connectivity index (χ1n) is 10.6. The molecule has 7 nitrogen and oxygen atoms in total. The van der Waals surface area contributed by atoms with Crippen molar-refractivity contribution in [3.8, 4) is 0 Å². The minimum absolute atomic E-state index is 0.317. The van der Waals surface area contributed by atoms with E-state index in [0.29, 0.717) is 17.3 Å². The van der Waals surface area contributed by atoms with Gasteiger partial charge in [0, 0.05) is 24.8 Å². The molecular weight excluding hydrogens is 340 g/mol. The molecule has 0 aromatic carbocycles. The molecule has 2 aromatic rings. The van der Waals surface area contributed by atoms with Crippen LogP contribution in [0.2, 0.25) is 0 Å². The molecule has 1 saturated carbocycles. The van der Waals surface area contributed by atoms with E-state index in [0.717, 1.165) is 44.3 Å². The van der Waals surface area contributed by atoms with Gasteiger partial charge in [0.1, 0.15) is 11.6 Å². The molecule has 1 unspecified atom stereocenters. The number of aryl methyl sites for hydroxylation is 1. The molecule has 0 bridgehead atoms. The minimum Gasteiger partial charge on any atom is -0.338 e. The second kappa shape index (κ2) is 6.69. The highest BCUT2D eigenvalue weighted by Gasteiger charge is 2.57. The second-order valence-electron chi connectivity index (χ2n) is 9.03. The normalized spacial score (nSPS) is 24.9. The summed E-state index contributed by atoms with van der Waals surface area (Å²) in [4.78, 5) is 6.99. The van der Waals surface area contributed by atoms with Gasteiger partial charge in [0.05, 0.1) is 6.54 Å². The van der Waals surface area contributed by atoms with Crippen LogP contribution in [-0.4, -0.2) is 42.9 Å². The molecule has 1 spiro atoms. The molecular formula is C20H30N6O. The van der Waals surface area contributed by atoms with Crippen molar-refractivity contribution in [3.63, 3.8) is 0 Å². The van der Waals surface area contributed by atoms with Gasteiger partial charge in [-0.2, -0.15) is 4.98 Å². The quantitative estimate of drug-likeness (QED) is 0.822. The Balaban J connectivity index is 1.21. The van der Waals surface area contributed by atoms with Gasteiger partial charge in [-0.25, -0.2) is 0 Å². The summed E-state index contributed by atoms with van der Waals surface area (Å²) >= 11 is 0. The summed E-state index contributed by atoms with van der Waals surface area (Å²) in [6.45, 7) is 8.30. The topological polar surface area (TPSA) is 72.9 Å². The number of piperidine rings is 1. The molecule has 5 rings (SSSR count). The molecule has 1 aliphatic carbocycles. The first-order chi connectivity index (χ1) is 13.1. The van der Waals surface area contributed by atoms with Crippen molar-refractivity contribution in [1.82, 2.24) is 29.8 Å². The lowest BCUT2D eigenvalue weighted by molar-refractivity contribution is 0.145. The summed E-state index contributed by atoms with van der Waals surface area (Å²) in [6, 6.07) is 0. The van der Waals surface area contributed by atoms with Gasteiger partial charge in [0.15, 0.2) is 5.82 Å². The van der Waals surface area contributed by atoms with Crippen LogP contribution in [0.5, 0.6) is 0 Å². The molecule has 0 radical (unpaired) electrons. The number of hydrogen-bond acceptors (Lipinski definition) is 6. The summed E-state index contributed by atoms with van der Waals surface area (Å²) in [7, 11) is 0. The molecule has 146 valence electrons. The number of nitrogens with zero attached hydrogens (tertiary/aromatic N) is 6. The Morgan fingerprint density at radius 2 is 1.96 bits per heavy atom. The lowest BCUT2D eigenvalue weighted by Gasteiger charge is -2.31. The van der Waals surface area contributed by atoms with Crippen molar-refractivity contribution in [2.75, 3.05) is 13.1 Å². The molecule has 1 atom stereocenters. The summed E-state index contributed by atoms with van der Waals surface area (Å²) in [5.41, 5.74) is 0.463. The van der Waals surface area contributed by atoms with E-state index in [1.54, 1.807) is 0 Å². The average Bonchev–Trinajstić information content (AvgIpc) is 3.01. The van der Waals surface area contributed by atoms with Crippen LogP contribution in [0.1, 0.15) is 87.6 Å². The van der Waals surface area contributed by atoms with E-state index >= 15 is 0 Å². The van der Waals surface area contributed by atoms with E-state index in [2.05, 4.69) is 43.7 Å². The fourth-order valence-corrected chi connectivity index (χ4v) is 4.95. The predicted molar refractivity (Wildman–Crippen MR) is 100 cm³/mol. The standard InChI is InChI=1S/C20H30N6O/c1-14(2)18-21-17(27-24-18)13-25-10-7-20(8-11-25)12-15(20)19-23-22-16-6-4-3-5-9-26(16)19/h14-15H,3-13H2,1-2H3. The van der Waals surface area contributed by atoms with E-state index in [1.807, 2.05) is 0 Å². The van der Waals surface area contributed by atoms with E-state index in [4.69, 9.17) is 4.52 Å². The highest BCUT2D eigenvalue weighted by Crippen LogP contribution is 2.64. The van der Waals surface area contributed by atoms with Gasteiger partial charge in [-0.1, -0.05) is 25.4 Å². The lowest BCUT2D eigenvalue weighted by atomic mass is 9.90. The third-order valence-electron chi connectivity index (χ3n) is 6.85. The smallest absolute Gasteiger partial charge is 0.240 e. The van der Waals surface area contributed by atoms with Gasteiger partial charge in [0.25, 0.3) is 0 Å². The SMILES string of the molecule is CC(C)c1noc(CN2CCC3(CC2)CC3c2nnc3n2CCCCC3)n1. The zero-order valence-electron chi connectivity index (χ0n) is 16.5. The zero-order valence-corrected chi connectivity index (χ0v) is 16.5. The Kier molecular flexibility index (Phi) is 4.30. The van der Waals surface area contributed by atoms with Crippen molar-refractivity contribution in [2.24, 2.45) is 5.41 Å². The van der Waals surface area contributed by atoms with Crippen molar-refractivity contribution in [3.05, 3.63) is 23.4 Å². The average molecular weight is 371 g/mol. The molecule has 0 N–H and O–H groups in total. The van der Waals surface area contributed by atoms with Crippen molar-refractivity contribution >= 4 is 0 Å². The highest BCUT2D eigenvalue weighted by molar-refractivity contribution is 5.21. The summed E-state index contributed by atoms with van der Waals surface area (Å²) in [5.74, 6) is 5.00. The number of likely N-dealkylation sites (tertiary alicyclic amines) is 1. The molecule has 0 amide bonds. The molecule has 4 heterocycles. The Morgan fingerprint density at radius 1 is 1.11 bits per heavy atom. The van der Waals surface area contributed by atoms with Crippen LogP contribution in [0.15, 0.2) is 4.52 Å². The van der Waals surface area contributed by atoms with Gasteiger partial charge in [-0.3, -0.25) is 4.90 Å². The van der Waals surface area contributed by atoms with Crippen LogP contribution in [0, 0.1) is 5.41 Å². The maximum atomic E-state index is 5.43. The van der Waals surface area contributed by atoms with Crippen LogP contribution in [0.4, 0.5) is 0 Å². The van der Waals surface area contributed by atoms with E-state index in [9.17, 15) is 0 Å². The Hall–Kier alpha value is -1.76. The molecule has 2 fully saturated rings. The van der Waals surface area contributed by atoms with Crippen LogP contribution in [0.25, 0.3) is 0 Å². The molecule has 7 heteroatoms. The monoisotopic (exact) mass is 370 g/mol. The minimum atomic E-state index is 0.317. The molecule has 3 aliphatic rings. The number of hydrogen-bond donors (Lipinski definition) is 0. The summed E-state index contributed by atoms with van der Waals surface area (Å²) < 4.78 is 7.88. The van der Waals surface area contributed by atoms with E-state index in [1.165, 1.54) is 50.2 Å². The van der Waals surface area contributed by atoms with Crippen LogP contribution in [-0.2, 0) is 19.5 Å². The lowest BCUT2D eigenvalue weighted by Crippen LogP contribution is -2.34. The Morgan fingerprint density at radius 3 is 2.74 bits per heavy atom. The number of fused-ring (bicyclic) bond motifs is 1. The van der Waals surface area contributed by atoms with Gasteiger partial charge in [-0.15, -0.1) is 10.2 Å². The van der Waals surface area contributed by atoms with Gasteiger partial charge in [-0.05, 0) is 50.6 Å². The van der Waals surface area contributed by atoms with Crippen molar-refractivity contribution in [2.45, 2.75) is 83.7 Å². The van der Waals surface area contributed by atoms with Gasteiger partial charge < -0.3 is 9.09 Å². The summed E-state index contributed by atoms with van der Waals surface area (Å²) in [5, 5.41) is 13.2. The fourth-order valence-electron chi connectivity index (χ4n) is 4.95.